The van der Waals surface area contributed by atoms with Gasteiger partial charge in [0.25, 0.3) is 0 Å². The lowest BCUT2D eigenvalue weighted by Gasteiger charge is -2.14. The minimum Gasteiger partial charge on any atom is -0.481 e. The first kappa shape index (κ1) is 17.3. The smallest absolute Gasteiger partial charge is 0.408 e. The van der Waals surface area contributed by atoms with Gasteiger partial charge < -0.3 is 19.9 Å². The van der Waals surface area contributed by atoms with Crippen LogP contribution < -0.4 is 10.1 Å². The average molecular weight is 330 g/mol. The van der Waals surface area contributed by atoms with E-state index in [1.807, 2.05) is 30.3 Å². The number of carbonyl (C=O) groups excluding carboxylic acids is 1. The number of hydrogen-bond donors (Lipinski definition) is 2. The first-order valence-corrected chi connectivity index (χ1v) is 7.27. The molecule has 2 rings (SSSR count). The van der Waals surface area contributed by atoms with Crippen LogP contribution in [0.2, 0.25) is 0 Å². The SMILES string of the molecule is COc1ccc(C[C@H](NC(=O)OCc2ccccc2)C(=O)O)cn1. The highest BCUT2D eigenvalue weighted by atomic mass is 16.5. The number of hydrogen-bond acceptors (Lipinski definition) is 5. The van der Waals surface area contributed by atoms with Gasteiger partial charge in [-0.25, -0.2) is 14.6 Å². The van der Waals surface area contributed by atoms with E-state index in [0.29, 0.717) is 11.4 Å². The molecule has 7 heteroatoms. The predicted molar refractivity (Wildman–Crippen MR) is 85.7 cm³/mol. The summed E-state index contributed by atoms with van der Waals surface area (Å²) in [7, 11) is 1.49. The van der Waals surface area contributed by atoms with Crippen LogP contribution in [0.3, 0.4) is 0 Å². The van der Waals surface area contributed by atoms with Crippen LogP contribution in [0, 0.1) is 0 Å². The lowest BCUT2D eigenvalue weighted by molar-refractivity contribution is -0.139. The molecule has 1 amide bonds. The molecule has 0 unspecified atom stereocenters. The van der Waals surface area contributed by atoms with E-state index >= 15 is 0 Å². The van der Waals surface area contributed by atoms with Gasteiger partial charge in [-0.2, -0.15) is 0 Å². The van der Waals surface area contributed by atoms with E-state index in [1.54, 1.807) is 12.1 Å². The fourth-order valence-corrected chi connectivity index (χ4v) is 2.00. The van der Waals surface area contributed by atoms with Crippen LogP contribution in [0.1, 0.15) is 11.1 Å². The van der Waals surface area contributed by atoms with E-state index in [-0.39, 0.29) is 13.0 Å². The minimum absolute atomic E-state index is 0.0725. The summed E-state index contributed by atoms with van der Waals surface area (Å²) in [5.41, 5.74) is 1.48. The van der Waals surface area contributed by atoms with Crippen LogP contribution in [0.15, 0.2) is 48.7 Å². The van der Waals surface area contributed by atoms with Crippen LogP contribution in [0.4, 0.5) is 4.79 Å². The van der Waals surface area contributed by atoms with Gasteiger partial charge in [-0.15, -0.1) is 0 Å². The highest BCUT2D eigenvalue weighted by Crippen LogP contribution is 2.09. The molecule has 126 valence electrons. The monoisotopic (exact) mass is 330 g/mol. The Morgan fingerprint density at radius 1 is 1.17 bits per heavy atom. The molecule has 0 fully saturated rings. The largest absolute Gasteiger partial charge is 0.481 e. The Morgan fingerprint density at radius 2 is 1.92 bits per heavy atom. The first-order chi connectivity index (χ1) is 11.6. The van der Waals surface area contributed by atoms with Crippen molar-refractivity contribution in [2.45, 2.75) is 19.1 Å². The van der Waals surface area contributed by atoms with Crippen molar-refractivity contribution in [1.82, 2.24) is 10.3 Å². The average Bonchev–Trinajstić information content (AvgIpc) is 2.61. The number of alkyl carbamates (subject to hydrolysis) is 1. The van der Waals surface area contributed by atoms with Crippen LogP contribution in [-0.4, -0.2) is 35.3 Å². The molecule has 0 saturated carbocycles. The van der Waals surface area contributed by atoms with Crippen LogP contribution in [0.5, 0.6) is 5.88 Å². The van der Waals surface area contributed by atoms with Crippen molar-refractivity contribution in [3.63, 3.8) is 0 Å². The number of nitrogens with zero attached hydrogens (tertiary/aromatic N) is 1. The summed E-state index contributed by atoms with van der Waals surface area (Å²) in [6.45, 7) is 0.0725. The molecule has 1 aromatic heterocycles. The summed E-state index contributed by atoms with van der Waals surface area (Å²) in [5, 5.41) is 11.6. The number of ether oxygens (including phenoxy) is 2. The molecule has 0 saturated heterocycles. The van der Waals surface area contributed by atoms with Gasteiger partial charge in [0.15, 0.2) is 0 Å². The van der Waals surface area contributed by atoms with Crippen molar-refractivity contribution < 1.29 is 24.2 Å². The maximum atomic E-state index is 11.8. The number of carbonyl (C=O) groups is 2. The zero-order valence-electron chi connectivity index (χ0n) is 13.1. The number of pyridine rings is 1. The molecule has 1 atom stereocenters. The van der Waals surface area contributed by atoms with Crippen molar-refractivity contribution in [1.29, 1.82) is 0 Å². The molecule has 0 radical (unpaired) electrons. The number of methoxy groups -OCH3 is 1. The number of nitrogens with one attached hydrogen (secondary N) is 1. The molecule has 0 aliphatic carbocycles. The lowest BCUT2D eigenvalue weighted by atomic mass is 10.1. The van der Waals surface area contributed by atoms with E-state index in [1.165, 1.54) is 13.3 Å². The highest BCUT2D eigenvalue weighted by Gasteiger charge is 2.21. The van der Waals surface area contributed by atoms with Gasteiger partial charge in [0, 0.05) is 18.7 Å². The van der Waals surface area contributed by atoms with Crippen molar-refractivity contribution in [3.05, 3.63) is 59.8 Å². The fourth-order valence-electron chi connectivity index (χ4n) is 2.00. The summed E-state index contributed by atoms with van der Waals surface area (Å²) < 4.78 is 9.98. The molecule has 0 aliphatic heterocycles. The van der Waals surface area contributed by atoms with Crippen LogP contribution in [0.25, 0.3) is 0 Å². The zero-order chi connectivity index (χ0) is 17.4. The Balaban J connectivity index is 1.90. The van der Waals surface area contributed by atoms with Crippen LogP contribution >= 0.6 is 0 Å². The van der Waals surface area contributed by atoms with Crippen molar-refractivity contribution >= 4 is 12.1 Å². The third kappa shape index (κ3) is 5.28. The number of aliphatic carboxylic acids is 1. The highest BCUT2D eigenvalue weighted by molar-refractivity contribution is 5.80. The van der Waals surface area contributed by atoms with Crippen LogP contribution in [-0.2, 0) is 22.6 Å². The Labute approximate surface area is 139 Å². The minimum atomic E-state index is -1.15. The van der Waals surface area contributed by atoms with Gasteiger partial charge in [0.2, 0.25) is 5.88 Å². The normalized spacial score (nSPS) is 11.4. The van der Waals surface area contributed by atoms with E-state index in [0.717, 1.165) is 5.56 Å². The maximum Gasteiger partial charge on any atom is 0.408 e. The number of benzene rings is 1. The fraction of sp³-hybridized carbons (Fsp3) is 0.235. The summed E-state index contributed by atoms with van der Waals surface area (Å²) in [6.07, 6.45) is 0.811. The molecule has 0 aliphatic rings. The standard InChI is InChI=1S/C17H18N2O5/c1-23-15-8-7-13(10-18-15)9-14(16(20)21)19-17(22)24-11-12-5-3-2-4-6-12/h2-8,10,14H,9,11H2,1H3,(H,19,22)(H,20,21)/t14-/m0/s1. The molecular weight excluding hydrogens is 312 g/mol. The third-order valence-electron chi connectivity index (χ3n) is 3.25. The van der Waals surface area contributed by atoms with Gasteiger partial charge >= 0.3 is 12.1 Å². The van der Waals surface area contributed by atoms with E-state index < -0.39 is 18.1 Å². The second-order valence-corrected chi connectivity index (χ2v) is 5.01. The van der Waals surface area contributed by atoms with E-state index in [9.17, 15) is 14.7 Å². The third-order valence-corrected chi connectivity index (χ3v) is 3.25. The van der Waals surface area contributed by atoms with Gasteiger partial charge in [-0.3, -0.25) is 0 Å². The summed E-state index contributed by atoms with van der Waals surface area (Å²) in [6, 6.07) is 11.3. The Hall–Kier alpha value is -3.09. The molecule has 1 aromatic carbocycles. The Kier molecular flexibility index (Phi) is 6.13. The lowest BCUT2D eigenvalue weighted by Crippen LogP contribution is -2.42. The second-order valence-electron chi connectivity index (χ2n) is 5.01. The number of aromatic nitrogens is 1. The first-order valence-electron chi connectivity index (χ1n) is 7.27. The van der Waals surface area contributed by atoms with Gasteiger partial charge in [0.05, 0.1) is 7.11 Å². The number of carboxylic acid groups (broad SMARTS) is 1. The zero-order valence-corrected chi connectivity index (χ0v) is 13.1. The topological polar surface area (TPSA) is 97.8 Å². The van der Waals surface area contributed by atoms with Crippen molar-refractivity contribution in [3.8, 4) is 5.88 Å². The molecule has 7 nitrogen and oxygen atoms in total. The quantitative estimate of drug-likeness (QED) is 0.806. The van der Waals surface area contributed by atoms with E-state index in [4.69, 9.17) is 9.47 Å². The molecule has 2 N–H and O–H groups in total. The molecule has 0 bridgehead atoms. The Morgan fingerprint density at radius 3 is 2.50 bits per heavy atom. The van der Waals surface area contributed by atoms with Gasteiger partial charge in [-0.1, -0.05) is 36.4 Å². The van der Waals surface area contributed by atoms with Crippen molar-refractivity contribution in [2.24, 2.45) is 0 Å². The van der Waals surface area contributed by atoms with Gasteiger partial charge in [-0.05, 0) is 11.1 Å². The molecule has 1 heterocycles. The summed E-state index contributed by atoms with van der Waals surface area (Å²) >= 11 is 0. The van der Waals surface area contributed by atoms with Crippen molar-refractivity contribution in [2.75, 3.05) is 7.11 Å². The Bertz CT molecular complexity index is 673. The number of carboxylic acids is 1. The molecule has 2 aromatic rings. The molecule has 24 heavy (non-hydrogen) atoms. The molecular formula is C17H18N2O5. The number of rotatable bonds is 7. The summed E-state index contributed by atoms with van der Waals surface area (Å²) in [4.78, 5) is 27.1. The summed E-state index contributed by atoms with van der Waals surface area (Å²) in [5.74, 6) is -0.719. The maximum absolute atomic E-state index is 11.8. The molecule has 0 spiro atoms. The predicted octanol–water partition coefficient (Wildman–Crippen LogP) is 2.01. The van der Waals surface area contributed by atoms with Gasteiger partial charge in [0.1, 0.15) is 12.6 Å². The van der Waals surface area contributed by atoms with E-state index in [2.05, 4.69) is 10.3 Å². The number of amides is 1. The second kappa shape index (κ2) is 8.52.